The summed E-state index contributed by atoms with van der Waals surface area (Å²) in [6, 6.07) is 8.05. The van der Waals surface area contributed by atoms with E-state index in [1.807, 2.05) is 18.2 Å². The zero-order chi connectivity index (χ0) is 13.2. The zero-order valence-corrected chi connectivity index (χ0v) is 11.4. The lowest BCUT2D eigenvalue weighted by atomic mass is 10.0. The van der Waals surface area contributed by atoms with Crippen molar-refractivity contribution in [3.63, 3.8) is 0 Å². The third-order valence-corrected chi connectivity index (χ3v) is 4.38. The Hall–Kier alpha value is -1.82. The van der Waals surface area contributed by atoms with Crippen LogP contribution in [0.5, 0.6) is 0 Å². The van der Waals surface area contributed by atoms with Crippen LogP contribution in [0, 0.1) is 17.2 Å². The van der Waals surface area contributed by atoms with Crippen LogP contribution in [-0.2, 0) is 13.5 Å². The van der Waals surface area contributed by atoms with Crippen LogP contribution in [0.2, 0.25) is 0 Å². The highest BCUT2D eigenvalue weighted by Gasteiger charge is 2.17. The van der Waals surface area contributed by atoms with Crippen LogP contribution in [0.4, 0.5) is 0 Å². The number of fused-ring (bicyclic) bond motifs is 1. The summed E-state index contributed by atoms with van der Waals surface area (Å²) in [5.74, 6) is 2.00. The summed E-state index contributed by atoms with van der Waals surface area (Å²) in [4.78, 5) is 4.68. The minimum atomic E-state index is 0.681. The van der Waals surface area contributed by atoms with Crippen molar-refractivity contribution in [3.8, 4) is 6.07 Å². The number of aromatic nitrogens is 2. The van der Waals surface area contributed by atoms with Crippen LogP contribution < -0.4 is 0 Å². The molecule has 0 aliphatic heterocycles. The number of hydrogen-bond acceptors (Lipinski definition) is 2. The van der Waals surface area contributed by atoms with Crippen molar-refractivity contribution in [2.45, 2.75) is 38.5 Å². The van der Waals surface area contributed by atoms with Gasteiger partial charge in [0.05, 0.1) is 11.1 Å². The fourth-order valence-corrected chi connectivity index (χ4v) is 3.21. The maximum absolute atomic E-state index is 9.14. The van der Waals surface area contributed by atoms with Crippen LogP contribution in [0.15, 0.2) is 18.2 Å². The molecule has 0 bridgehead atoms. The van der Waals surface area contributed by atoms with Crippen molar-refractivity contribution < 1.29 is 0 Å². The monoisotopic (exact) mass is 253 g/mol. The maximum Gasteiger partial charge on any atom is 0.109 e. The van der Waals surface area contributed by atoms with Crippen molar-refractivity contribution in [1.82, 2.24) is 9.55 Å². The molecule has 0 amide bonds. The normalized spacial score (nSPS) is 16.0. The van der Waals surface area contributed by atoms with E-state index in [0.29, 0.717) is 5.56 Å². The number of nitrogens with zero attached hydrogens (tertiary/aromatic N) is 3. The van der Waals surface area contributed by atoms with E-state index in [4.69, 9.17) is 5.26 Å². The number of benzene rings is 1. The number of aryl methyl sites for hydroxylation is 2. The molecule has 1 heterocycles. The highest BCUT2D eigenvalue weighted by Crippen LogP contribution is 2.29. The first-order valence-electron chi connectivity index (χ1n) is 7.14. The number of nitriles is 1. The highest BCUT2D eigenvalue weighted by molar-refractivity contribution is 5.82. The highest BCUT2D eigenvalue weighted by atomic mass is 15.1. The predicted octanol–water partition coefficient (Wildman–Crippen LogP) is 3.57. The molecule has 0 saturated heterocycles. The van der Waals surface area contributed by atoms with E-state index < -0.39 is 0 Å². The Kier molecular flexibility index (Phi) is 3.25. The summed E-state index contributed by atoms with van der Waals surface area (Å²) in [5.41, 5.74) is 2.61. The van der Waals surface area contributed by atoms with Gasteiger partial charge in [0.25, 0.3) is 0 Å². The van der Waals surface area contributed by atoms with Crippen molar-refractivity contribution in [2.75, 3.05) is 0 Å². The molecule has 0 atom stereocenters. The first kappa shape index (κ1) is 12.2. The number of imidazole rings is 1. The Morgan fingerprint density at radius 3 is 2.89 bits per heavy atom. The Morgan fingerprint density at radius 1 is 1.37 bits per heavy atom. The molecule has 0 N–H and O–H groups in total. The Morgan fingerprint density at radius 2 is 2.16 bits per heavy atom. The summed E-state index contributed by atoms with van der Waals surface area (Å²) in [5, 5.41) is 9.14. The fraction of sp³-hybridized carbons (Fsp3) is 0.500. The van der Waals surface area contributed by atoms with Gasteiger partial charge in [-0.25, -0.2) is 4.98 Å². The van der Waals surface area contributed by atoms with Gasteiger partial charge in [-0.3, -0.25) is 0 Å². The second kappa shape index (κ2) is 5.05. The summed E-state index contributed by atoms with van der Waals surface area (Å²) < 4.78 is 2.14. The third-order valence-electron chi connectivity index (χ3n) is 4.38. The van der Waals surface area contributed by atoms with Gasteiger partial charge in [0.15, 0.2) is 0 Å². The van der Waals surface area contributed by atoms with Gasteiger partial charge in [-0.15, -0.1) is 0 Å². The van der Waals surface area contributed by atoms with E-state index in [9.17, 15) is 0 Å². The third kappa shape index (κ3) is 2.23. The molecule has 2 aromatic rings. The number of rotatable bonds is 3. The molecule has 1 fully saturated rings. The first-order valence-corrected chi connectivity index (χ1v) is 7.14. The van der Waals surface area contributed by atoms with E-state index in [1.165, 1.54) is 32.1 Å². The van der Waals surface area contributed by atoms with Crippen molar-refractivity contribution >= 4 is 11.0 Å². The Bertz CT molecular complexity index is 627. The molecule has 3 nitrogen and oxygen atoms in total. The second-order valence-corrected chi connectivity index (χ2v) is 5.56. The smallest absolute Gasteiger partial charge is 0.109 e. The molecule has 1 aromatic carbocycles. The SMILES string of the molecule is Cn1c(CCC2CCCC2)nc2c(C#N)cccc21. The molecular weight excluding hydrogens is 234 g/mol. The summed E-state index contributed by atoms with van der Waals surface area (Å²) >= 11 is 0. The molecule has 1 saturated carbocycles. The molecule has 98 valence electrons. The van der Waals surface area contributed by atoms with Gasteiger partial charge >= 0.3 is 0 Å². The van der Waals surface area contributed by atoms with Gasteiger partial charge in [0.1, 0.15) is 17.4 Å². The van der Waals surface area contributed by atoms with Crippen LogP contribution in [0.1, 0.15) is 43.5 Å². The lowest BCUT2D eigenvalue weighted by Crippen LogP contribution is -2.02. The van der Waals surface area contributed by atoms with Gasteiger partial charge in [-0.05, 0) is 24.5 Å². The average Bonchev–Trinajstić information content (AvgIpc) is 3.05. The minimum Gasteiger partial charge on any atom is -0.331 e. The van der Waals surface area contributed by atoms with Crippen LogP contribution in [0.25, 0.3) is 11.0 Å². The van der Waals surface area contributed by atoms with Crippen molar-refractivity contribution in [2.24, 2.45) is 13.0 Å². The predicted molar refractivity (Wildman–Crippen MR) is 75.7 cm³/mol. The lowest BCUT2D eigenvalue weighted by molar-refractivity contribution is 0.493. The van der Waals surface area contributed by atoms with E-state index in [2.05, 4.69) is 22.7 Å². The van der Waals surface area contributed by atoms with E-state index in [1.54, 1.807) is 0 Å². The summed E-state index contributed by atoms with van der Waals surface area (Å²) in [6.07, 6.45) is 7.82. The van der Waals surface area contributed by atoms with Gasteiger partial charge in [0, 0.05) is 13.5 Å². The van der Waals surface area contributed by atoms with Gasteiger partial charge in [0.2, 0.25) is 0 Å². The Balaban J connectivity index is 1.87. The maximum atomic E-state index is 9.14. The molecule has 1 aromatic heterocycles. The summed E-state index contributed by atoms with van der Waals surface area (Å²) in [7, 11) is 2.06. The fourth-order valence-electron chi connectivity index (χ4n) is 3.21. The number of hydrogen-bond donors (Lipinski definition) is 0. The van der Waals surface area contributed by atoms with Gasteiger partial charge in [-0.1, -0.05) is 31.7 Å². The molecule has 0 spiro atoms. The molecule has 3 rings (SSSR count). The van der Waals surface area contributed by atoms with E-state index in [0.717, 1.165) is 29.2 Å². The van der Waals surface area contributed by atoms with Crippen molar-refractivity contribution in [3.05, 3.63) is 29.6 Å². The molecule has 0 unspecified atom stereocenters. The quantitative estimate of drug-likeness (QED) is 0.839. The van der Waals surface area contributed by atoms with Crippen LogP contribution in [0.3, 0.4) is 0 Å². The van der Waals surface area contributed by atoms with E-state index >= 15 is 0 Å². The zero-order valence-electron chi connectivity index (χ0n) is 11.4. The topological polar surface area (TPSA) is 41.6 Å². The minimum absolute atomic E-state index is 0.681. The second-order valence-electron chi connectivity index (χ2n) is 5.56. The Labute approximate surface area is 113 Å². The first-order chi connectivity index (χ1) is 9.29. The molecule has 3 heteroatoms. The molecule has 1 aliphatic rings. The number of para-hydroxylation sites is 1. The molecule has 0 radical (unpaired) electrons. The van der Waals surface area contributed by atoms with Crippen LogP contribution >= 0.6 is 0 Å². The average molecular weight is 253 g/mol. The molecular formula is C16H19N3. The standard InChI is InChI=1S/C16H19N3/c1-19-14-8-4-7-13(11-17)16(14)18-15(19)10-9-12-5-2-3-6-12/h4,7-8,12H,2-3,5-6,9-10H2,1H3. The van der Waals surface area contributed by atoms with Crippen molar-refractivity contribution in [1.29, 1.82) is 5.26 Å². The van der Waals surface area contributed by atoms with Crippen LogP contribution in [-0.4, -0.2) is 9.55 Å². The van der Waals surface area contributed by atoms with E-state index in [-0.39, 0.29) is 0 Å². The molecule has 1 aliphatic carbocycles. The lowest BCUT2D eigenvalue weighted by Gasteiger charge is -2.08. The van der Waals surface area contributed by atoms with Gasteiger partial charge in [-0.2, -0.15) is 5.26 Å². The summed E-state index contributed by atoms with van der Waals surface area (Å²) in [6.45, 7) is 0. The van der Waals surface area contributed by atoms with Gasteiger partial charge < -0.3 is 4.57 Å². The largest absolute Gasteiger partial charge is 0.331 e. The molecule has 19 heavy (non-hydrogen) atoms.